The van der Waals surface area contributed by atoms with Gasteiger partial charge in [-0.25, -0.2) is 0 Å². The molecule has 5 heteroatoms. The molecule has 3 aromatic rings. The van der Waals surface area contributed by atoms with E-state index < -0.39 is 0 Å². The molecule has 0 spiro atoms. The molecule has 0 saturated carbocycles. The predicted octanol–water partition coefficient (Wildman–Crippen LogP) is 3.39. The summed E-state index contributed by atoms with van der Waals surface area (Å²) in [5.74, 6) is -0.388. The van der Waals surface area contributed by atoms with Crippen LogP contribution in [-0.4, -0.2) is 24.2 Å². The van der Waals surface area contributed by atoms with Gasteiger partial charge in [-0.2, -0.15) is 0 Å². The average molecular weight is 350 g/mol. The van der Waals surface area contributed by atoms with Crippen LogP contribution in [0.2, 0.25) is 0 Å². The van der Waals surface area contributed by atoms with Crippen LogP contribution in [0.3, 0.4) is 0 Å². The van der Waals surface area contributed by atoms with Crippen LogP contribution in [-0.2, 0) is 16.1 Å². The van der Waals surface area contributed by atoms with Gasteiger partial charge in [0.25, 0.3) is 5.56 Å². The Balaban J connectivity index is 1.90. The summed E-state index contributed by atoms with van der Waals surface area (Å²) in [4.78, 5) is 25.3. The zero-order valence-electron chi connectivity index (χ0n) is 14.9. The van der Waals surface area contributed by atoms with Gasteiger partial charge in [-0.05, 0) is 30.7 Å². The Morgan fingerprint density at radius 1 is 1.08 bits per heavy atom. The van der Waals surface area contributed by atoms with Crippen molar-refractivity contribution >= 4 is 22.4 Å². The van der Waals surface area contributed by atoms with Crippen molar-refractivity contribution in [2.45, 2.75) is 19.4 Å². The highest BCUT2D eigenvalue weighted by Crippen LogP contribution is 2.23. The maximum absolute atomic E-state index is 12.6. The van der Waals surface area contributed by atoms with E-state index in [2.05, 4.69) is 5.32 Å². The quantitative estimate of drug-likeness (QED) is 0.741. The lowest BCUT2D eigenvalue weighted by Crippen LogP contribution is -2.22. The van der Waals surface area contributed by atoms with Gasteiger partial charge in [0.05, 0.1) is 12.5 Å². The minimum atomic E-state index is -0.284. The number of hydrogen-bond donors (Lipinski definition) is 1. The zero-order chi connectivity index (χ0) is 18.5. The maximum atomic E-state index is 12.6. The van der Waals surface area contributed by atoms with E-state index in [0.717, 1.165) is 10.9 Å². The second kappa shape index (κ2) is 7.97. The van der Waals surface area contributed by atoms with Crippen LogP contribution in [0, 0.1) is 0 Å². The van der Waals surface area contributed by atoms with E-state index in [4.69, 9.17) is 4.74 Å². The molecule has 26 heavy (non-hydrogen) atoms. The Hall–Kier alpha value is -2.92. The fourth-order valence-electron chi connectivity index (χ4n) is 2.93. The number of amides is 1. The average Bonchev–Trinajstić information content (AvgIpc) is 2.68. The summed E-state index contributed by atoms with van der Waals surface area (Å²) in [6, 6.07) is 16.9. The van der Waals surface area contributed by atoms with Gasteiger partial charge in [0.2, 0.25) is 5.91 Å². The summed E-state index contributed by atoms with van der Waals surface area (Å²) in [6.45, 7) is 2.83. The largest absolute Gasteiger partial charge is 0.383 e. The van der Waals surface area contributed by atoms with Crippen molar-refractivity contribution in [2.24, 2.45) is 0 Å². The third-order valence-corrected chi connectivity index (χ3v) is 4.51. The van der Waals surface area contributed by atoms with E-state index in [0.29, 0.717) is 24.2 Å². The number of benzene rings is 2. The monoisotopic (exact) mass is 350 g/mol. The molecule has 0 aliphatic heterocycles. The van der Waals surface area contributed by atoms with Gasteiger partial charge in [0.15, 0.2) is 0 Å². The Morgan fingerprint density at radius 2 is 1.85 bits per heavy atom. The second-order valence-corrected chi connectivity index (χ2v) is 6.20. The van der Waals surface area contributed by atoms with E-state index in [1.165, 1.54) is 0 Å². The molecule has 0 fully saturated rings. The number of nitrogens with zero attached hydrogens (tertiary/aromatic N) is 1. The Bertz CT molecular complexity index is 964. The lowest BCUT2D eigenvalue weighted by atomic mass is 10.00. The minimum absolute atomic E-state index is 0.0910. The third-order valence-electron chi connectivity index (χ3n) is 4.51. The summed E-state index contributed by atoms with van der Waals surface area (Å²) in [7, 11) is 1.60. The van der Waals surface area contributed by atoms with E-state index >= 15 is 0 Å². The van der Waals surface area contributed by atoms with Crippen molar-refractivity contribution in [3.63, 3.8) is 0 Å². The molecule has 1 N–H and O–H groups in total. The number of carbonyl (C=O) groups is 1. The summed E-state index contributed by atoms with van der Waals surface area (Å²) in [5.41, 5.74) is 1.50. The molecule has 3 rings (SSSR count). The molecule has 1 unspecified atom stereocenters. The first-order chi connectivity index (χ1) is 12.6. The van der Waals surface area contributed by atoms with E-state index in [1.807, 2.05) is 49.4 Å². The van der Waals surface area contributed by atoms with Gasteiger partial charge >= 0.3 is 0 Å². The first-order valence-electron chi connectivity index (χ1n) is 8.58. The zero-order valence-corrected chi connectivity index (χ0v) is 14.9. The van der Waals surface area contributed by atoms with Gasteiger partial charge in [-0.3, -0.25) is 9.59 Å². The van der Waals surface area contributed by atoms with E-state index in [9.17, 15) is 9.59 Å². The smallest absolute Gasteiger partial charge is 0.258 e. The molecular weight excluding hydrogens is 328 g/mol. The first-order valence-corrected chi connectivity index (χ1v) is 8.58. The van der Waals surface area contributed by atoms with Crippen LogP contribution in [0.25, 0.3) is 10.8 Å². The molecule has 0 aliphatic carbocycles. The maximum Gasteiger partial charge on any atom is 0.258 e. The number of nitrogens with one attached hydrogen (secondary N) is 1. The first kappa shape index (κ1) is 17.9. The summed E-state index contributed by atoms with van der Waals surface area (Å²) >= 11 is 0. The topological polar surface area (TPSA) is 60.3 Å². The van der Waals surface area contributed by atoms with Crippen molar-refractivity contribution < 1.29 is 9.53 Å². The van der Waals surface area contributed by atoms with Gasteiger partial charge in [-0.1, -0.05) is 36.4 Å². The lowest BCUT2D eigenvalue weighted by molar-refractivity contribution is -0.117. The number of methoxy groups -OCH3 is 1. The molecule has 1 heterocycles. The van der Waals surface area contributed by atoms with Crippen LogP contribution in [0.1, 0.15) is 18.4 Å². The number of pyridine rings is 1. The van der Waals surface area contributed by atoms with Gasteiger partial charge in [-0.15, -0.1) is 0 Å². The molecule has 0 saturated heterocycles. The Kier molecular flexibility index (Phi) is 5.49. The van der Waals surface area contributed by atoms with Gasteiger partial charge < -0.3 is 14.6 Å². The van der Waals surface area contributed by atoms with Crippen molar-refractivity contribution in [1.29, 1.82) is 0 Å². The van der Waals surface area contributed by atoms with Crippen molar-refractivity contribution in [1.82, 2.24) is 4.57 Å². The number of anilines is 1. The van der Waals surface area contributed by atoms with Crippen LogP contribution in [0.15, 0.2) is 65.6 Å². The van der Waals surface area contributed by atoms with Crippen molar-refractivity contribution in [3.8, 4) is 0 Å². The molecule has 0 radical (unpaired) electrons. The normalized spacial score (nSPS) is 12.1. The Labute approximate surface area is 152 Å². The summed E-state index contributed by atoms with van der Waals surface area (Å²) < 4.78 is 6.66. The van der Waals surface area contributed by atoms with Crippen molar-refractivity contribution in [3.05, 3.63) is 76.7 Å². The van der Waals surface area contributed by atoms with Crippen molar-refractivity contribution in [2.75, 3.05) is 19.0 Å². The Morgan fingerprint density at radius 3 is 2.58 bits per heavy atom. The lowest BCUT2D eigenvalue weighted by Gasteiger charge is -2.14. The third kappa shape index (κ3) is 3.68. The van der Waals surface area contributed by atoms with Gasteiger partial charge in [0.1, 0.15) is 0 Å². The van der Waals surface area contributed by atoms with E-state index in [-0.39, 0.29) is 17.4 Å². The van der Waals surface area contributed by atoms with Crippen LogP contribution < -0.4 is 10.9 Å². The molecule has 1 atom stereocenters. The number of ether oxygens (including phenoxy) is 1. The predicted molar refractivity (Wildman–Crippen MR) is 104 cm³/mol. The molecular formula is C21H22N2O3. The number of rotatable bonds is 6. The summed E-state index contributed by atoms with van der Waals surface area (Å²) in [6.07, 6.45) is 1.74. The molecule has 1 aromatic heterocycles. The molecule has 2 aromatic carbocycles. The molecule has 0 aliphatic rings. The molecule has 5 nitrogen and oxygen atoms in total. The highest BCUT2D eigenvalue weighted by atomic mass is 16.5. The molecule has 0 bridgehead atoms. The van der Waals surface area contributed by atoms with Crippen LogP contribution in [0.4, 0.5) is 5.69 Å². The van der Waals surface area contributed by atoms with Gasteiger partial charge in [0, 0.05) is 36.3 Å². The standard InChI is InChI=1S/C21H22N2O3/c1-15(16-7-4-3-5-8-16)20(24)22-19-10-6-9-18-17(19)11-12-23(21(18)25)13-14-26-2/h3-12,15H,13-14H2,1-2H3,(H,22,24). The number of aromatic nitrogens is 1. The molecule has 1 amide bonds. The fourth-order valence-corrected chi connectivity index (χ4v) is 2.93. The number of hydrogen-bond acceptors (Lipinski definition) is 3. The molecule has 134 valence electrons. The highest BCUT2D eigenvalue weighted by Gasteiger charge is 2.16. The second-order valence-electron chi connectivity index (χ2n) is 6.20. The van der Waals surface area contributed by atoms with E-state index in [1.54, 1.807) is 30.0 Å². The summed E-state index contributed by atoms with van der Waals surface area (Å²) in [5, 5.41) is 4.27. The SMILES string of the molecule is COCCn1ccc2c(NC(=O)C(C)c3ccccc3)cccc2c1=O. The van der Waals surface area contributed by atoms with Crippen LogP contribution >= 0.6 is 0 Å². The highest BCUT2D eigenvalue weighted by molar-refractivity contribution is 6.03. The minimum Gasteiger partial charge on any atom is -0.383 e. The van der Waals surface area contributed by atoms with Crippen LogP contribution in [0.5, 0.6) is 0 Å². The fraction of sp³-hybridized carbons (Fsp3) is 0.238. The number of fused-ring (bicyclic) bond motifs is 1. The number of carbonyl (C=O) groups excluding carboxylic acids is 1.